The molecule has 0 saturated heterocycles. The molecule has 1 N–H and O–H groups in total. The molecule has 11 heteroatoms. The maximum atomic E-state index is 13.5. The summed E-state index contributed by atoms with van der Waals surface area (Å²) in [7, 11) is -4.39. The van der Waals surface area contributed by atoms with Gasteiger partial charge < -0.3 is 10.1 Å². The summed E-state index contributed by atoms with van der Waals surface area (Å²) in [5.74, 6) is -0.0672. The Kier molecular flexibility index (Phi) is 8.76. The zero-order valence-electron chi connectivity index (χ0n) is 20.4. The third kappa shape index (κ3) is 7.17. The molecule has 3 rings (SSSR count). The van der Waals surface area contributed by atoms with Crippen LogP contribution in [0.5, 0.6) is 5.75 Å². The number of nitrogens with one attached hydrogen (secondary N) is 1. The Morgan fingerprint density at radius 1 is 0.973 bits per heavy atom. The van der Waals surface area contributed by atoms with Crippen LogP contribution in [-0.4, -0.2) is 34.0 Å². The summed E-state index contributed by atoms with van der Waals surface area (Å²) in [5.41, 5.74) is 1.15. The van der Waals surface area contributed by atoms with E-state index in [1.54, 1.807) is 19.1 Å². The van der Waals surface area contributed by atoms with E-state index in [2.05, 4.69) is 5.32 Å². The second kappa shape index (κ2) is 11.4. The fraction of sp³-hybridized carbons (Fsp3) is 0.269. The Hall–Kier alpha value is -3.24. The number of rotatable bonds is 9. The third-order valence-electron chi connectivity index (χ3n) is 5.46. The number of ether oxygens (including phenoxy) is 1. The first-order valence-electron chi connectivity index (χ1n) is 11.2. The first kappa shape index (κ1) is 28.3. The summed E-state index contributed by atoms with van der Waals surface area (Å²) in [6, 6.07) is 14.1. The Bertz CT molecular complexity index is 1380. The van der Waals surface area contributed by atoms with Crippen molar-refractivity contribution in [2.45, 2.75) is 31.8 Å². The van der Waals surface area contributed by atoms with Crippen LogP contribution in [0.3, 0.4) is 0 Å². The predicted octanol–water partition coefficient (Wildman–Crippen LogP) is 5.67. The van der Waals surface area contributed by atoms with E-state index in [0.717, 1.165) is 28.8 Å². The summed E-state index contributed by atoms with van der Waals surface area (Å²) >= 11 is 5.71. The lowest BCUT2D eigenvalue weighted by Gasteiger charge is -2.25. The maximum absolute atomic E-state index is 13.5. The molecule has 0 atom stereocenters. The lowest BCUT2D eigenvalue weighted by Crippen LogP contribution is -2.42. The highest BCUT2D eigenvalue weighted by Gasteiger charge is 2.35. The molecular weight excluding hydrogens is 529 g/mol. The van der Waals surface area contributed by atoms with Crippen molar-refractivity contribution < 1.29 is 31.1 Å². The minimum Gasteiger partial charge on any atom is -0.491 e. The number of hydrogen-bond acceptors (Lipinski definition) is 4. The van der Waals surface area contributed by atoms with Crippen molar-refractivity contribution in [3.63, 3.8) is 0 Å². The van der Waals surface area contributed by atoms with Gasteiger partial charge in [0.15, 0.2) is 0 Å². The Morgan fingerprint density at radius 3 is 2.27 bits per heavy atom. The van der Waals surface area contributed by atoms with Gasteiger partial charge in [0.25, 0.3) is 10.0 Å². The molecule has 0 radical (unpaired) electrons. The number of anilines is 1. The average molecular weight is 555 g/mol. The van der Waals surface area contributed by atoms with Gasteiger partial charge in [0.05, 0.1) is 27.7 Å². The van der Waals surface area contributed by atoms with E-state index in [1.165, 1.54) is 12.1 Å². The number of halogens is 4. The maximum Gasteiger partial charge on any atom is 0.417 e. The van der Waals surface area contributed by atoms with E-state index in [-0.39, 0.29) is 23.7 Å². The van der Waals surface area contributed by atoms with Crippen molar-refractivity contribution in [1.29, 1.82) is 0 Å². The molecule has 3 aromatic rings. The number of benzene rings is 3. The molecule has 3 aromatic carbocycles. The highest BCUT2D eigenvalue weighted by molar-refractivity contribution is 7.92. The Labute approximate surface area is 219 Å². The highest BCUT2D eigenvalue weighted by Crippen LogP contribution is 2.38. The summed E-state index contributed by atoms with van der Waals surface area (Å²) in [6.07, 6.45) is -4.82. The molecule has 198 valence electrons. The number of carbonyl (C=O) groups excluding carboxylic acids is 1. The molecule has 0 bridgehead atoms. The summed E-state index contributed by atoms with van der Waals surface area (Å²) in [4.78, 5) is 12.5. The molecular formula is C26H26ClF3N2O4S. The van der Waals surface area contributed by atoms with Crippen molar-refractivity contribution in [2.75, 3.05) is 24.0 Å². The fourth-order valence-electron chi connectivity index (χ4n) is 3.44. The normalized spacial score (nSPS) is 11.8. The number of nitrogens with zero attached hydrogens (tertiary/aromatic N) is 1. The van der Waals surface area contributed by atoms with Crippen molar-refractivity contribution in [1.82, 2.24) is 5.32 Å². The molecule has 0 aliphatic rings. The van der Waals surface area contributed by atoms with E-state index in [4.69, 9.17) is 16.3 Å². The largest absolute Gasteiger partial charge is 0.491 e. The van der Waals surface area contributed by atoms with E-state index in [1.807, 2.05) is 32.0 Å². The van der Waals surface area contributed by atoms with Gasteiger partial charge in [-0.1, -0.05) is 41.4 Å². The van der Waals surface area contributed by atoms with Crippen molar-refractivity contribution in [3.8, 4) is 5.75 Å². The van der Waals surface area contributed by atoms with Crippen LogP contribution in [0.4, 0.5) is 18.9 Å². The molecule has 0 fully saturated rings. The zero-order chi connectivity index (χ0) is 27.4. The number of sulfonamides is 1. The van der Waals surface area contributed by atoms with Crippen LogP contribution in [-0.2, 0) is 21.0 Å². The van der Waals surface area contributed by atoms with Crippen LogP contribution in [0.2, 0.25) is 5.02 Å². The molecule has 0 unspecified atom stereocenters. The van der Waals surface area contributed by atoms with E-state index in [9.17, 15) is 26.4 Å². The molecule has 0 saturated carbocycles. The molecule has 1 amide bonds. The second-order valence-electron chi connectivity index (χ2n) is 8.45. The predicted molar refractivity (Wildman–Crippen MR) is 137 cm³/mol. The van der Waals surface area contributed by atoms with Crippen molar-refractivity contribution in [3.05, 3.63) is 87.9 Å². The topological polar surface area (TPSA) is 75.7 Å². The summed E-state index contributed by atoms with van der Waals surface area (Å²) in [6.45, 7) is 4.97. The summed E-state index contributed by atoms with van der Waals surface area (Å²) < 4.78 is 73.6. The Morgan fingerprint density at radius 2 is 1.62 bits per heavy atom. The average Bonchev–Trinajstić information content (AvgIpc) is 2.82. The molecule has 0 aromatic heterocycles. The second-order valence-corrected chi connectivity index (χ2v) is 10.7. The molecule has 0 heterocycles. The number of aryl methyl sites for hydroxylation is 3. The smallest absolute Gasteiger partial charge is 0.417 e. The minimum absolute atomic E-state index is 0.0546. The van der Waals surface area contributed by atoms with Crippen LogP contribution in [0.25, 0.3) is 0 Å². The van der Waals surface area contributed by atoms with Gasteiger partial charge >= 0.3 is 6.18 Å². The van der Waals surface area contributed by atoms with Gasteiger partial charge in [0, 0.05) is 0 Å². The van der Waals surface area contributed by atoms with Crippen LogP contribution < -0.4 is 14.4 Å². The van der Waals surface area contributed by atoms with Gasteiger partial charge in [-0.25, -0.2) is 8.42 Å². The van der Waals surface area contributed by atoms with Crippen molar-refractivity contribution in [2.24, 2.45) is 0 Å². The fourth-order valence-corrected chi connectivity index (χ4v) is 5.08. The number of alkyl halides is 3. The SMILES string of the molecule is Cc1ccc(S(=O)(=O)N(CC(=O)NCCOc2cc(C)ccc2C)c2ccc(Cl)c(C(F)(F)F)c2)cc1. The quantitative estimate of drug-likeness (QED) is 0.346. The zero-order valence-corrected chi connectivity index (χ0v) is 22.0. The van der Waals surface area contributed by atoms with Crippen LogP contribution in [0.15, 0.2) is 65.6 Å². The lowest BCUT2D eigenvalue weighted by molar-refractivity contribution is -0.137. The van der Waals surface area contributed by atoms with Gasteiger partial charge in [-0.05, 0) is 68.3 Å². The molecule has 0 aliphatic carbocycles. The first-order chi connectivity index (χ1) is 17.3. The molecule has 37 heavy (non-hydrogen) atoms. The van der Waals surface area contributed by atoms with Crippen molar-refractivity contribution >= 4 is 33.2 Å². The van der Waals surface area contributed by atoms with Crippen LogP contribution in [0, 0.1) is 20.8 Å². The Balaban J connectivity index is 1.83. The third-order valence-corrected chi connectivity index (χ3v) is 7.58. The van der Waals surface area contributed by atoms with Gasteiger partial charge in [0.2, 0.25) is 5.91 Å². The van der Waals surface area contributed by atoms with Gasteiger partial charge in [-0.15, -0.1) is 0 Å². The minimum atomic E-state index is -4.82. The standard InChI is InChI=1S/C26H26ClF3N2O4S/c1-17-5-9-21(10-6-17)37(34,35)32(20-8-11-23(27)22(15-20)26(28,29)30)16-25(33)31-12-13-36-24-14-18(2)4-7-19(24)3/h4-11,14-15H,12-13,16H2,1-3H3,(H,31,33). The molecule has 0 spiro atoms. The van der Waals surface area contributed by atoms with Crippen LogP contribution in [0.1, 0.15) is 22.3 Å². The number of carbonyl (C=O) groups is 1. The monoisotopic (exact) mass is 554 g/mol. The highest BCUT2D eigenvalue weighted by atomic mass is 35.5. The van der Waals surface area contributed by atoms with E-state index >= 15 is 0 Å². The van der Waals surface area contributed by atoms with E-state index in [0.29, 0.717) is 16.1 Å². The number of amides is 1. The molecule has 0 aliphatic heterocycles. The lowest BCUT2D eigenvalue weighted by atomic mass is 10.1. The van der Waals surface area contributed by atoms with Gasteiger partial charge in [-0.3, -0.25) is 9.10 Å². The summed E-state index contributed by atoms with van der Waals surface area (Å²) in [5, 5.41) is 1.97. The van der Waals surface area contributed by atoms with Gasteiger partial charge in [-0.2, -0.15) is 13.2 Å². The first-order valence-corrected chi connectivity index (χ1v) is 13.0. The number of hydrogen-bond donors (Lipinski definition) is 1. The molecule has 6 nitrogen and oxygen atoms in total. The van der Waals surface area contributed by atoms with E-state index < -0.39 is 39.2 Å². The van der Waals surface area contributed by atoms with Gasteiger partial charge in [0.1, 0.15) is 18.9 Å². The van der Waals surface area contributed by atoms with Crippen LogP contribution >= 0.6 is 11.6 Å².